The first-order valence-corrected chi connectivity index (χ1v) is 9.07. The molecule has 0 aromatic rings. The second-order valence-electron chi connectivity index (χ2n) is 6.68. The Labute approximate surface area is 123 Å². The lowest BCUT2D eigenvalue weighted by molar-refractivity contribution is 0.203. The van der Waals surface area contributed by atoms with Crippen molar-refractivity contribution in [2.24, 2.45) is 10.8 Å². The summed E-state index contributed by atoms with van der Waals surface area (Å²) in [5.41, 5.74) is 1.30. The predicted molar refractivity (Wildman–Crippen MR) is 89.7 cm³/mol. The third kappa shape index (κ3) is 5.88. The third-order valence-electron chi connectivity index (χ3n) is 6.41. The standard InChI is InChI=1S/C19H40/c1-7-18(8-2,9-3)16-14-13-15-17-19(10-4,11-5)12-6/h7-17H2,1-6H3. The summed E-state index contributed by atoms with van der Waals surface area (Å²) in [6.07, 6.45) is 15.4. The van der Waals surface area contributed by atoms with Crippen molar-refractivity contribution in [1.82, 2.24) is 0 Å². The van der Waals surface area contributed by atoms with Gasteiger partial charge in [-0.05, 0) is 23.7 Å². The van der Waals surface area contributed by atoms with Gasteiger partial charge in [0.05, 0.1) is 0 Å². The molecule has 0 atom stereocenters. The maximum absolute atomic E-state index is 2.38. The minimum atomic E-state index is 0.650. The van der Waals surface area contributed by atoms with Gasteiger partial charge in [-0.15, -0.1) is 0 Å². The zero-order valence-corrected chi connectivity index (χ0v) is 14.8. The summed E-state index contributed by atoms with van der Waals surface area (Å²) >= 11 is 0. The molecule has 0 heterocycles. The van der Waals surface area contributed by atoms with E-state index in [1.807, 2.05) is 0 Å². The summed E-state index contributed by atoms with van der Waals surface area (Å²) in [6, 6.07) is 0. The van der Waals surface area contributed by atoms with Crippen molar-refractivity contribution in [3.63, 3.8) is 0 Å². The summed E-state index contributed by atoms with van der Waals surface area (Å²) in [5, 5.41) is 0. The normalized spacial score (nSPS) is 12.9. The van der Waals surface area contributed by atoms with Crippen molar-refractivity contribution in [1.29, 1.82) is 0 Å². The Morgan fingerprint density at radius 1 is 0.421 bits per heavy atom. The highest BCUT2D eigenvalue weighted by molar-refractivity contribution is 4.77. The Bertz CT molecular complexity index is 158. The van der Waals surface area contributed by atoms with Gasteiger partial charge in [0.15, 0.2) is 0 Å². The molecule has 0 rings (SSSR count). The maximum atomic E-state index is 2.38. The fourth-order valence-corrected chi connectivity index (χ4v) is 3.74. The number of unbranched alkanes of at least 4 members (excludes halogenated alkanes) is 2. The van der Waals surface area contributed by atoms with Crippen LogP contribution in [0, 0.1) is 10.8 Å². The summed E-state index contributed by atoms with van der Waals surface area (Å²) < 4.78 is 0. The average molecular weight is 269 g/mol. The van der Waals surface area contributed by atoms with Crippen LogP contribution in [-0.4, -0.2) is 0 Å². The summed E-state index contributed by atoms with van der Waals surface area (Å²) in [7, 11) is 0. The summed E-state index contributed by atoms with van der Waals surface area (Å²) in [6.45, 7) is 14.3. The zero-order chi connectivity index (χ0) is 14.8. The summed E-state index contributed by atoms with van der Waals surface area (Å²) in [4.78, 5) is 0. The lowest BCUT2D eigenvalue weighted by Crippen LogP contribution is -2.18. The number of hydrogen-bond acceptors (Lipinski definition) is 0. The molecular formula is C19H40. The van der Waals surface area contributed by atoms with Crippen LogP contribution in [0.25, 0.3) is 0 Å². The first kappa shape index (κ1) is 19.0. The predicted octanol–water partition coefficient (Wildman–Crippen LogP) is 7.37. The first-order chi connectivity index (χ1) is 9.07. The van der Waals surface area contributed by atoms with Crippen molar-refractivity contribution in [3.8, 4) is 0 Å². The molecule has 0 saturated heterocycles. The monoisotopic (exact) mass is 268 g/mol. The van der Waals surface area contributed by atoms with Crippen molar-refractivity contribution in [3.05, 3.63) is 0 Å². The number of hydrogen-bond donors (Lipinski definition) is 0. The van der Waals surface area contributed by atoms with Crippen LogP contribution in [0.15, 0.2) is 0 Å². The highest BCUT2D eigenvalue weighted by Crippen LogP contribution is 2.38. The molecule has 0 aromatic carbocycles. The molecule has 19 heavy (non-hydrogen) atoms. The minimum absolute atomic E-state index is 0.650. The van der Waals surface area contributed by atoms with Gasteiger partial charge in [-0.3, -0.25) is 0 Å². The van der Waals surface area contributed by atoms with E-state index in [1.165, 1.54) is 70.6 Å². The van der Waals surface area contributed by atoms with Crippen LogP contribution in [0.3, 0.4) is 0 Å². The lowest BCUT2D eigenvalue weighted by atomic mass is 9.74. The second-order valence-corrected chi connectivity index (χ2v) is 6.68. The fraction of sp³-hybridized carbons (Fsp3) is 1.00. The van der Waals surface area contributed by atoms with Crippen molar-refractivity contribution < 1.29 is 0 Å². The van der Waals surface area contributed by atoms with Crippen molar-refractivity contribution in [2.45, 2.75) is 112 Å². The molecule has 0 nitrogen and oxygen atoms in total. The quantitative estimate of drug-likeness (QED) is 0.324. The van der Waals surface area contributed by atoms with E-state index in [1.54, 1.807) is 0 Å². The summed E-state index contributed by atoms with van der Waals surface area (Å²) in [5.74, 6) is 0. The zero-order valence-electron chi connectivity index (χ0n) is 14.8. The molecule has 0 saturated carbocycles. The molecule has 0 aliphatic rings. The van der Waals surface area contributed by atoms with Gasteiger partial charge in [0.1, 0.15) is 0 Å². The Morgan fingerprint density at radius 2 is 0.684 bits per heavy atom. The van der Waals surface area contributed by atoms with Gasteiger partial charge in [0.25, 0.3) is 0 Å². The Kier molecular flexibility index (Phi) is 9.83. The van der Waals surface area contributed by atoms with E-state index in [9.17, 15) is 0 Å². The van der Waals surface area contributed by atoms with Crippen LogP contribution >= 0.6 is 0 Å². The molecule has 0 aliphatic heterocycles. The van der Waals surface area contributed by atoms with E-state index >= 15 is 0 Å². The fourth-order valence-electron chi connectivity index (χ4n) is 3.74. The molecule has 0 aliphatic carbocycles. The second kappa shape index (κ2) is 9.83. The molecule has 116 valence electrons. The van der Waals surface area contributed by atoms with Gasteiger partial charge >= 0.3 is 0 Å². The molecule has 0 aromatic heterocycles. The van der Waals surface area contributed by atoms with Gasteiger partial charge in [-0.1, -0.05) is 99.3 Å². The highest BCUT2D eigenvalue weighted by Gasteiger charge is 2.24. The van der Waals surface area contributed by atoms with Gasteiger partial charge < -0.3 is 0 Å². The molecule has 0 radical (unpaired) electrons. The lowest BCUT2D eigenvalue weighted by Gasteiger charge is -2.32. The maximum Gasteiger partial charge on any atom is -0.0305 e. The Morgan fingerprint density at radius 3 is 0.895 bits per heavy atom. The van der Waals surface area contributed by atoms with E-state index < -0.39 is 0 Å². The van der Waals surface area contributed by atoms with Gasteiger partial charge in [0, 0.05) is 0 Å². The molecular weight excluding hydrogens is 228 g/mol. The van der Waals surface area contributed by atoms with Gasteiger partial charge in [-0.25, -0.2) is 0 Å². The van der Waals surface area contributed by atoms with E-state index in [0.29, 0.717) is 10.8 Å². The molecule has 0 heteroatoms. The van der Waals surface area contributed by atoms with E-state index in [4.69, 9.17) is 0 Å². The first-order valence-electron chi connectivity index (χ1n) is 9.07. The van der Waals surface area contributed by atoms with Crippen LogP contribution in [0.1, 0.15) is 112 Å². The van der Waals surface area contributed by atoms with E-state index in [2.05, 4.69) is 41.5 Å². The van der Waals surface area contributed by atoms with Gasteiger partial charge in [-0.2, -0.15) is 0 Å². The largest absolute Gasteiger partial charge is 0.0649 e. The van der Waals surface area contributed by atoms with Crippen LogP contribution in [0.4, 0.5) is 0 Å². The Hall–Kier alpha value is 0. The molecule has 0 spiro atoms. The van der Waals surface area contributed by atoms with E-state index in [-0.39, 0.29) is 0 Å². The van der Waals surface area contributed by atoms with Crippen LogP contribution in [-0.2, 0) is 0 Å². The molecule has 0 unspecified atom stereocenters. The molecule has 0 bridgehead atoms. The Balaban J connectivity index is 3.98. The van der Waals surface area contributed by atoms with Crippen LogP contribution in [0.5, 0.6) is 0 Å². The minimum Gasteiger partial charge on any atom is -0.0649 e. The SMILES string of the molecule is CCC(CC)(CC)CCCCCC(CC)(CC)CC. The topological polar surface area (TPSA) is 0 Å². The van der Waals surface area contributed by atoms with E-state index in [0.717, 1.165) is 0 Å². The molecule has 0 N–H and O–H groups in total. The highest BCUT2D eigenvalue weighted by atomic mass is 14.3. The number of rotatable bonds is 12. The van der Waals surface area contributed by atoms with Gasteiger partial charge in [0.2, 0.25) is 0 Å². The molecule has 0 fully saturated rings. The van der Waals surface area contributed by atoms with Crippen LogP contribution < -0.4 is 0 Å². The molecule has 0 amide bonds. The van der Waals surface area contributed by atoms with Crippen molar-refractivity contribution in [2.75, 3.05) is 0 Å². The average Bonchev–Trinajstić information content (AvgIpc) is 2.48. The van der Waals surface area contributed by atoms with Crippen molar-refractivity contribution >= 4 is 0 Å². The van der Waals surface area contributed by atoms with Crippen LogP contribution in [0.2, 0.25) is 0 Å². The smallest absolute Gasteiger partial charge is 0.0305 e. The third-order valence-corrected chi connectivity index (χ3v) is 6.41.